The number of hydrogen-bond donors (Lipinski definition) is 1. The molecule has 0 atom stereocenters. The molecule has 8 heteroatoms. The highest BCUT2D eigenvalue weighted by Crippen LogP contribution is 2.36. The van der Waals surface area contributed by atoms with Crippen LogP contribution in [-0.4, -0.2) is 48.5 Å². The number of halogens is 1. The number of carbonyl (C=O) groups excluding carboxylic acids is 2. The molecule has 1 aromatic carbocycles. The van der Waals surface area contributed by atoms with Gasteiger partial charge in [0.05, 0.1) is 28.7 Å². The summed E-state index contributed by atoms with van der Waals surface area (Å²) in [6, 6.07) is 3.32. The number of imide groups is 1. The van der Waals surface area contributed by atoms with Crippen molar-refractivity contribution in [2.45, 2.75) is 0 Å². The molecule has 0 aromatic heterocycles. The SMILES string of the molecule is COCCN1C(=O)S/C(=C/c2cc(I)c(O)c(OC)c2)C1=O. The van der Waals surface area contributed by atoms with Crippen molar-refractivity contribution < 1.29 is 24.2 Å². The fraction of sp³-hybridized carbons (Fsp3) is 0.286. The first kappa shape index (κ1) is 17.1. The summed E-state index contributed by atoms with van der Waals surface area (Å²) in [5, 5.41) is 9.50. The molecule has 22 heavy (non-hydrogen) atoms. The first-order valence-corrected chi connectivity index (χ1v) is 8.18. The van der Waals surface area contributed by atoms with Crippen LogP contribution in [0.5, 0.6) is 11.5 Å². The summed E-state index contributed by atoms with van der Waals surface area (Å²) in [5.74, 6) is 0.0271. The van der Waals surface area contributed by atoms with Gasteiger partial charge in [-0.2, -0.15) is 0 Å². The Morgan fingerprint density at radius 1 is 1.36 bits per heavy atom. The second kappa shape index (κ2) is 7.34. The second-order valence-electron chi connectivity index (χ2n) is 4.38. The minimum Gasteiger partial charge on any atom is -0.504 e. The molecule has 6 nitrogen and oxygen atoms in total. The molecular weight excluding hydrogens is 421 g/mol. The van der Waals surface area contributed by atoms with E-state index in [9.17, 15) is 14.7 Å². The molecule has 1 saturated heterocycles. The number of phenolic OH excluding ortho intramolecular Hbond substituents is 1. The van der Waals surface area contributed by atoms with E-state index in [0.29, 0.717) is 26.4 Å². The summed E-state index contributed by atoms with van der Waals surface area (Å²) in [6.07, 6.45) is 1.61. The van der Waals surface area contributed by atoms with Crippen LogP contribution < -0.4 is 4.74 Å². The van der Waals surface area contributed by atoms with Crippen molar-refractivity contribution in [3.63, 3.8) is 0 Å². The van der Waals surface area contributed by atoms with Crippen molar-refractivity contribution in [2.24, 2.45) is 0 Å². The van der Waals surface area contributed by atoms with E-state index in [0.717, 1.165) is 16.7 Å². The molecule has 0 saturated carbocycles. The van der Waals surface area contributed by atoms with E-state index in [1.807, 2.05) is 22.6 Å². The molecule has 1 N–H and O–H groups in total. The van der Waals surface area contributed by atoms with Crippen molar-refractivity contribution in [2.75, 3.05) is 27.4 Å². The van der Waals surface area contributed by atoms with Crippen molar-refractivity contribution in [1.82, 2.24) is 4.90 Å². The number of rotatable bonds is 5. The molecular formula is C14H14INO5S. The Bertz CT molecular complexity index is 646. The van der Waals surface area contributed by atoms with Crippen molar-refractivity contribution >= 4 is 51.6 Å². The number of aromatic hydroxyl groups is 1. The van der Waals surface area contributed by atoms with E-state index >= 15 is 0 Å². The second-order valence-corrected chi connectivity index (χ2v) is 6.54. The van der Waals surface area contributed by atoms with Crippen LogP contribution in [0.15, 0.2) is 17.0 Å². The predicted molar refractivity (Wildman–Crippen MR) is 91.9 cm³/mol. The van der Waals surface area contributed by atoms with Crippen LogP contribution in [0, 0.1) is 3.57 Å². The average molecular weight is 435 g/mol. The lowest BCUT2D eigenvalue weighted by atomic mass is 10.2. The highest BCUT2D eigenvalue weighted by atomic mass is 127. The number of amides is 2. The lowest BCUT2D eigenvalue weighted by molar-refractivity contribution is -0.123. The van der Waals surface area contributed by atoms with Gasteiger partial charge in [-0.3, -0.25) is 14.5 Å². The Kier molecular flexibility index (Phi) is 5.70. The summed E-state index contributed by atoms with van der Waals surface area (Å²) in [6.45, 7) is 0.533. The Morgan fingerprint density at radius 3 is 2.73 bits per heavy atom. The number of ether oxygens (including phenoxy) is 2. The molecule has 0 radical (unpaired) electrons. The van der Waals surface area contributed by atoms with Crippen LogP contribution in [-0.2, 0) is 9.53 Å². The highest BCUT2D eigenvalue weighted by molar-refractivity contribution is 14.1. The Morgan fingerprint density at radius 2 is 2.09 bits per heavy atom. The Balaban J connectivity index is 2.29. The number of carbonyl (C=O) groups is 2. The third kappa shape index (κ3) is 3.55. The van der Waals surface area contributed by atoms with E-state index in [-0.39, 0.29) is 23.4 Å². The number of nitrogens with zero attached hydrogens (tertiary/aromatic N) is 1. The van der Waals surface area contributed by atoms with E-state index in [2.05, 4.69) is 0 Å². The molecule has 2 rings (SSSR count). The van der Waals surface area contributed by atoms with Gasteiger partial charge in [0.15, 0.2) is 11.5 Å². The van der Waals surface area contributed by atoms with Crippen molar-refractivity contribution in [3.05, 3.63) is 26.2 Å². The number of phenols is 1. The fourth-order valence-corrected chi connectivity index (χ4v) is 3.35. The minimum absolute atomic E-state index is 0.0495. The van der Waals surface area contributed by atoms with Crippen LogP contribution in [0.3, 0.4) is 0 Å². The first-order valence-electron chi connectivity index (χ1n) is 6.28. The number of methoxy groups -OCH3 is 2. The molecule has 1 fully saturated rings. The topological polar surface area (TPSA) is 76.1 Å². The largest absolute Gasteiger partial charge is 0.504 e. The van der Waals surface area contributed by atoms with Gasteiger partial charge < -0.3 is 14.6 Å². The maximum Gasteiger partial charge on any atom is 0.293 e. The Labute approximate surface area is 145 Å². The minimum atomic E-state index is -0.339. The molecule has 0 spiro atoms. The van der Waals surface area contributed by atoms with Gasteiger partial charge in [0, 0.05) is 7.11 Å². The van der Waals surface area contributed by atoms with Crippen LogP contribution in [0.4, 0.5) is 4.79 Å². The maximum absolute atomic E-state index is 12.2. The number of hydrogen-bond acceptors (Lipinski definition) is 6. The van der Waals surface area contributed by atoms with Gasteiger partial charge in [-0.05, 0) is 58.1 Å². The Hall–Kier alpha value is -1.26. The molecule has 0 bridgehead atoms. The third-order valence-corrected chi connectivity index (χ3v) is 4.69. The summed E-state index contributed by atoms with van der Waals surface area (Å²) in [7, 11) is 2.97. The van der Waals surface area contributed by atoms with Gasteiger partial charge in [-0.15, -0.1) is 0 Å². The third-order valence-electron chi connectivity index (χ3n) is 2.96. The molecule has 1 heterocycles. The summed E-state index contributed by atoms with van der Waals surface area (Å²) in [5.41, 5.74) is 0.677. The fourth-order valence-electron chi connectivity index (χ4n) is 1.86. The lowest BCUT2D eigenvalue weighted by Crippen LogP contribution is -2.31. The van der Waals surface area contributed by atoms with Crippen LogP contribution in [0.25, 0.3) is 6.08 Å². The van der Waals surface area contributed by atoms with Gasteiger partial charge in [0.1, 0.15) is 0 Å². The first-order chi connectivity index (χ1) is 10.5. The van der Waals surface area contributed by atoms with E-state index in [4.69, 9.17) is 9.47 Å². The van der Waals surface area contributed by atoms with Crippen LogP contribution >= 0.6 is 34.4 Å². The zero-order chi connectivity index (χ0) is 16.3. The normalized spacial score (nSPS) is 16.7. The van der Waals surface area contributed by atoms with Gasteiger partial charge >= 0.3 is 0 Å². The quantitative estimate of drug-likeness (QED) is 0.567. The van der Waals surface area contributed by atoms with E-state index in [1.165, 1.54) is 14.2 Å². The van der Waals surface area contributed by atoms with Crippen LogP contribution in [0.2, 0.25) is 0 Å². The molecule has 0 aliphatic carbocycles. The predicted octanol–water partition coefficient (Wildman–Crippen LogP) is 2.69. The van der Waals surface area contributed by atoms with Crippen molar-refractivity contribution in [1.29, 1.82) is 0 Å². The van der Waals surface area contributed by atoms with Crippen LogP contribution in [0.1, 0.15) is 5.56 Å². The summed E-state index contributed by atoms with van der Waals surface area (Å²) in [4.78, 5) is 25.5. The smallest absolute Gasteiger partial charge is 0.293 e. The van der Waals surface area contributed by atoms with Gasteiger partial charge in [0.25, 0.3) is 11.1 Å². The monoisotopic (exact) mass is 435 g/mol. The molecule has 0 unspecified atom stereocenters. The summed E-state index contributed by atoms with van der Waals surface area (Å²) < 4.78 is 10.6. The molecule has 1 aliphatic heterocycles. The number of thioether (sulfide) groups is 1. The molecule has 1 aliphatic rings. The van der Waals surface area contributed by atoms with Gasteiger partial charge in [-0.1, -0.05) is 0 Å². The maximum atomic E-state index is 12.2. The lowest BCUT2D eigenvalue weighted by Gasteiger charge is -2.10. The molecule has 118 valence electrons. The standard InChI is InChI=1S/C14H14INO5S/c1-20-4-3-16-13(18)11(22-14(16)19)7-8-5-9(15)12(17)10(6-8)21-2/h5-7,17H,3-4H2,1-2H3/b11-7+. The van der Waals surface area contributed by atoms with Crippen molar-refractivity contribution in [3.8, 4) is 11.5 Å². The van der Waals surface area contributed by atoms with E-state index < -0.39 is 0 Å². The summed E-state index contributed by atoms with van der Waals surface area (Å²) >= 11 is 2.86. The van der Waals surface area contributed by atoms with E-state index in [1.54, 1.807) is 18.2 Å². The zero-order valence-electron chi connectivity index (χ0n) is 12.0. The van der Waals surface area contributed by atoms with Gasteiger partial charge in [0.2, 0.25) is 0 Å². The molecule has 1 aromatic rings. The average Bonchev–Trinajstić information content (AvgIpc) is 2.75. The zero-order valence-corrected chi connectivity index (χ0v) is 14.9. The van der Waals surface area contributed by atoms with Gasteiger partial charge in [-0.25, -0.2) is 0 Å². The highest BCUT2D eigenvalue weighted by Gasteiger charge is 2.34. The number of benzene rings is 1. The molecule has 2 amide bonds.